The molecule has 4 nitrogen and oxygen atoms in total. The third-order valence-electron chi connectivity index (χ3n) is 2.27. The molecule has 0 aliphatic rings. The van der Waals surface area contributed by atoms with Crippen LogP contribution >= 0.6 is 0 Å². The van der Waals surface area contributed by atoms with Crippen LogP contribution in [0, 0.1) is 0 Å². The van der Waals surface area contributed by atoms with Crippen LogP contribution in [0.4, 0.5) is 5.69 Å². The first-order valence-corrected chi connectivity index (χ1v) is 5.07. The topological polar surface area (TPSA) is 59.3 Å². The Hall–Kier alpha value is -2.36. The van der Waals surface area contributed by atoms with Crippen molar-refractivity contribution in [3.63, 3.8) is 0 Å². The second kappa shape index (κ2) is 4.25. The van der Waals surface area contributed by atoms with Crippen LogP contribution in [-0.4, -0.2) is 5.91 Å². The number of hydrogen-bond acceptors (Lipinski definition) is 3. The highest BCUT2D eigenvalue weighted by Crippen LogP contribution is 2.17. The van der Waals surface area contributed by atoms with Gasteiger partial charge in [-0.2, -0.15) is 0 Å². The van der Waals surface area contributed by atoms with Crippen LogP contribution in [0.2, 0.25) is 0 Å². The summed E-state index contributed by atoms with van der Waals surface area (Å²) in [5, 5.41) is 3.46. The quantitative estimate of drug-likeness (QED) is 0.635. The van der Waals surface area contributed by atoms with E-state index in [0.29, 0.717) is 16.8 Å². The molecule has 0 radical (unpaired) electrons. The van der Waals surface area contributed by atoms with Crippen LogP contribution < -0.4 is 10.9 Å². The van der Waals surface area contributed by atoms with Gasteiger partial charge in [0.1, 0.15) is 5.58 Å². The maximum absolute atomic E-state index is 11.4. The molecular formula is C13H11NO3. The van der Waals surface area contributed by atoms with Gasteiger partial charge in [-0.1, -0.05) is 6.58 Å². The molecule has 1 heterocycles. The van der Waals surface area contributed by atoms with Crippen LogP contribution in [0.25, 0.3) is 11.0 Å². The number of carbonyl (C=O) groups is 1. The van der Waals surface area contributed by atoms with Crippen molar-refractivity contribution in [1.82, 2.24) is 0 Å². The third-order valence-corrected chi connectivity index (χ3v) is 2.27. The highest BCUT2D eigenvalue weighted by atomic mass is 16.4. The third kappa shape index (κ3) is 2.42. The van der Waals surface area contributed by atoms with Crippen LogP contribution in [0.3, 0.4) is 0 Å². The average molecular weight is 229 g/mol. The summed E-state index contributed by atoms with van der Waals surface area (Å²) in [6, 6.07) is 8.15. The molecule has 0 fully saturated rings. The van der Waals surface area contributed by atoms with Crippen molar-refractivity contribution in [3.8, 4) is 0 Å². The normalized spacial score (nSPS) is 10.2. The van der Waals surface area contributed by atoms with E-state index in [2.05, 4.69) is 11.9 Å². The van der Waals surface area contributed by atoms with E-state index in [0.717, 1.165) is 5.39 Å². The van der Waals surface area contributed by atoms with Crippen molar-refractivity contribution in [3.05, 3.63) is 52.9 Å². The summed E-state index contributed by atoms with van der Waals surface area (Å²) in [5.74, 6) is -0.261. The Morgan fingerprint density at radius 1 is 1.29 bits per heavy atom. The summed E-state index contributed by atoms with van der Waals surface area (Å²) >= 11 is 0. The lowest BCUT2D eigenvalue weighted by atomic mass is 10.2. The molecule has 0 unspecified atom stereocenters. The number of amides is 1. The predicted molar refractivity (Wildman–Crippen MR) is 65.9 cm³/mol. The van der Waals surface area contributed by atoms with Crippen molar-refractivity contribution in [2.75, 3.05) is 5.32 Å². The largest absolute Gasteiger partial charge is 0.423 e. The fourth-order valence-corrected chi connectivity index (χ4v) is 1.38. The van der Waals surface area contributed by atoms with E-state index in [-0.39, 0.29) is 5.91 Å². The molecule has 2 rings (SSSR count). The van der Waals surface area contributed by atoms with Crippen LogP contribution in [0.15, 0.2) is 51.7 Å². The molecule has 2 aromatic rings. The van der Waals surface area contributed by atoms with Gasteiger partial charge in [0.05, 0.1) is 0 Å². The highest BCUT2D eigenvalue weighted by Gasteiger charge is 2.04. The number of carbonyl (C=O) groups excluding carboxylic acids is 1. The number of fused-ring (bicyclic) bond motifs is 1. The maximum atomic E-state index is 11.4. The number of nitrogens with one attached hydrogen (secondary N) is 1. The van der Waals surface area contributed by atoms with E-state index >= 15 is 0 Å². The van der Waals surface area contributed by atoms with Gasteiger partial charge in [0.15, 0.2) is 0 Å². The molecule has 0 saturated carbocycles. The Morgan fingerprint density at radius 2 is 2.00 bits per heavy atom. The Labute approximate surface area is 97.6 Å². The Balaban J connectivity index is 2.40. The molecule has 1 amide bonds. The fraction of sp³-hybridized carbons (Fsp3) is 0.0769. The SMILES string of the molecule is C=C(C)C(=O)Nc1ccc2ccc(=O)oc2c1. The van der Waals surface area contributed by atoms with Gasteiger partial charge < -0.3 is 9.73 Å². The first kappa shape index (κ1) is 11.1. The summed E-state index contributed by atoms with van der Waals surface area (Å²) in [6.07, 6.45) is 0. The summed E-state index contributed by atoms with van der Waals surface area (Å²) in [5.41, 5.74) is 1.01. The molecule has 1 aromatic carbocycles. The van der Waals surface area contributed by atoms with Crippen molar-refractivity contribution in [2.24, 2.45) is 0 Å². The van der Waals surface area contributed by atoms with E-state index in [1.807, 2.05) is 0 Å². The van der Waals surface area contributed by atoms with Crippen molar-refractivity contribution < 1.29 is 9.21 Å². The lowest BCUT2D eigenvalue weighted by Gasteiger charge is -2.05. The zero-order valence-corrected chi connectivity index (χ0v) is 9.32. The summed E-state index contributed by atoms with van der Waals surface area (Å²) in [4.78, 5) is 22.5. The second-order valence-corrected chi connectivity index (χ2v) is 3.74. The molecule has 1 aromatic heterocycles. The van der Waals surface area contributed by atoms with Crippen LogP contribution in [0.5, 0.6) is 0 Å². The summed E-state index contributed by atoms with van der Waals surface area (Å²) in [7, 11) is 0. The Bertz CT molecular complexity index is 655. The van der Waals surface area contributed by atoms with E-state index in [9.17, 15) is 9.59 Å². The van der Waals surface area contributed by atoms with Gasteiger partial charge in [0.2, 0.25) is 0 Å². The minimum atomic E-state index is -0.416. The van der Waals surface area contributed by atoms with E-state index in [4.69, 9.17) is 4.42 Å². The molecule has 1 N–H and O–H groups in total. The van der Waals surface area contributed by atoms with E-state index < -0.39 is 5.63 Å². The smallest absolute Gasteiger partial charge is 0.336 e. The maximum Gasteiger partial charge on any atom is 0.336 e. The molecule has 17 heavy (non-hydrogen) atoms. The zero-order valence-electron chi connectivity index (χ0n) is 9.32. The van der Waals surface area contributed by atoms with E-state index in [1.165, 1.54) is 6.07 Å². The molecular weight excluding hydrogens is 218 g/mol. The number of benzene rings is 1. The van der Waals surface area contributed by atoms with Crippen LogP contribution in [0.1, 0.15) is 6.92 Å². The zero-order chi connectivity index (χ0) is 12.4. The first-order valence-electron chi connectivity index (χ1n) is 5.07. The molecule has 0 aliphatic carbocycles. The lowest BCUT2D eigenvalue weighted by Crippen LogP contribution is -2.11. The lowest BCUT2D eigenvalue weighted by molar-refractivity contribution is -0.112. The van der Waals surface area contributed by atoms with Crippen molar-refractivity contribution in [1.29, 1.82) is 0 Å². The highest BCUT2D eigenvalue weighted by molar-refractivity contribution is 6.03. The van der Waals surface area contributed by atoms with Gasteiger partial charge in [-0.25, -0.2) is 4.79 Å². The fourth-order valence-electron chi connectivity index (χ4n) is 1.38. The van der Waals surface area contributed by atoms with Gasteiger partial charge >= 0.3 is 5.63 Å². The first-order chi connectivity index (χ1) is 8.06. The second-order valence-electron chi connectivity index (χ2n) is 3.74. The number of rotatable bonds is 2. The summed E-state index contributed by atoms with van der Waals surface area (Å²) in [6.45, 7) is 5.16. The van der Waals surface area contributed by atoms with Crippen molar-refractivity contribution >= 4 is 22.6 Å². The molecule has 0 spiro atoms. The monoisotopic (exact) mass is 229 g/mol. The predicted octanol–water partition coefficient (Wildman–Crippen LogP) is 2.31. The van der Waals surface area contributed by atoms with Gasteiger partial charge in [-0.15, -0.1) is 0 Å². The van der Waals surface area contributed by atoms with Gasteiger partial charge in [0.25, 0.3) is 5.91 Å². The average Bonchev–Trinajstić information content (AvgIpc) is 2.28. The number of anilines is 1. The minimum absolute atomic E-state index is 0.261. The van der Waals surface area contributed by atoms with Crippen LogP contribution in [-0.2, 0) is 4.79 Å². The molecule has 0 saturated heterocycles. The standard InChI is InChI=1S/C13H11NO3/c1-8(2)13(16)14-10-5-3-9-4-6-12(15)17-11(9)7-10/h3-7H,1H2,2H3,(H,14,16). The Kier molecular flexibility index (Phi) is 2.78. The minimum Gasteiger partial charge on any atom is -0.423 e. The van der Waals surface area contributed by atoms with E-state index in [1.54, 1.807) is 31.2 Å². The summed E-state index contributed by atoms with van der Waals surface area (Å²) < 4.78 is 5.02. The molecule has 86 valence electrons. The molecule has 4 heteroatoms. The van der Waals surface area contributed by atoms with Gasteiger partial charge in [-0.3, -0.25) is 4.79 Å². The number of hydrogen-bond donors (Lipinski definition) is 1. The molecule has 0 atom stereocenters. The van der Waals surface area contributed by atoms with Gasteiger partial charge in [0, 0.05) is 28.8 Å². The van der Waals surface area contributed by atoms with Crippen molar-refractivity contribution in [2.45, 2.75) is 6.92 Å². The Morgan fingerprint density at radius 3 is 2.71 bits per heavy atom. The molecule has 0 bridgehead atoms. The molecule has 0 aliphatic heterocycles. The van der Waals surface area contributed by atoms with Gasteiger partial charge in [-0.05, 0) is 25.1 Å².